The molecule has 2 saturated carbocycles. The van der Waals surface area contributed by atoms with E-state index in [9.17, 15) is 24.3 Å². The summed E-state index contributed by atoms with van der Waals surface area (Å²) < 4.78 is 33.1. The van der Waals surface area contributed by atoms with E-state index < -0.39 is 23.3 Å². The predicted octanol–water partition coefficient (Wildman–Crippen LogP) is 10.1. The maximum absolute atomic E-state index is 14.4. The second-order valence-corrected chi connectivity index (χ2v) is 18.3. The average molecular weight is 905 g/mol. The van der Waals surface area contributed by atoms with Crippen LogP contribution in [0.4, 0.5) is 4.39 Å². The molecule has 2 saturated heterocycles. The van der Waals surface area contributed by atoms with Crippen molar-refractivity contribution < 1.29 is 33.3 Å². The molecule has 2 aliphatic heterocycles. The number of carboxylic acids is 1. The van der Waals surface area contributed by atoms with Crippen LogP contribution in [0.3, 0.4) is 0 Å². The van der Waals surface area contributed by atoms with Gasteiger partial charge in [0.15, 0.2) is 0 Å². The summed E-state index contributed by atoms with van der Waals surface area (Å²) in [5, 5.41) is 23.9. The zero-order valence-electron chi connectivity index (χ0n) is 35.5. The number of benzene rings is 3. The van der Waals surface area contributed by atoms with Gasteiger partial charge in [-0.3, -0.25) is 14.5 Å². The van der Waals surface area contributed by atoms with Crippen molar-refractivity contribution in [3.8, 4) is 46.1 Å². The number of carboxylic acid groups (broad SMARTS) is 1. The SMILES string of the molecule is COc1nc(-c2cccc(-c3cccc4c3CC[C@@H]4Oc3nc(OCc4cc(F)cc(C#N)c4)c(CN4CC5(C(=O)O)CCC4CC5)cc3Cl)c2Cl)ccc1CNC[C@@H]1CCC(=O)C1. The van der Waals surface area contributed by atoms with Crippen molar-refractivity contribution in [1.82, 2.24) is 20.2 Å². The smallest absolute Gasteiger partial charge is 0.310 e. The fourth-order valence-corrected chi connectivity index (χ4v) is 10.7. The maximum atomic E-state index is 14.4. The van der Waals surface area contributed by atoms with E-state index in [2.05, 4.69) is 16.3 Å². The fraction of sp³-hybridized carbons (Fsp3) is 0.380. The molecule has 0 amide bonds. The first kappa shape index (κ1) is 43.7. The first-order valence-electron chi connectivity index (χ1n) is 21.8. The minimum absolute atomic E-state index is 0.0699. The monoisotopic (exact) mass is 903 g/mol. The van der Waals surface area contributed by atoms with Crippen molar-refractivity contribution in [2.75, 3.05) is 20.2 Å². The summed E-state index contributed by atoms with van der Waals surface area (Å²) in [5.74, 6) is 0.298. The molecule has 11 nitrogen and oxygen atoms in total. The highest BCUT2D eigenvalue weighted by Crippen LogP contribution is 2.47. The number of pyridine rings is 2. The number of carbonyl (C=O) groups is 2. The Labute approximate surface area is 381 Å². The number of nitriles is 1. The summed E-state index contributed by atoms with van der Waals surface area (Å²) in [4.78, 5) is 36.0. The molecule has 10 rings (SSSR count). The third-order valence-electron chi connectivity index (χ3n) is 13.5. The van der Waals surface area contributed by atoms with Crippen molar-refractivity contribution >= 4 is 35.0 Å². The normalized spacial score (nSPS) is 21.4. The quantitative estimate of drug-likeness (QED) is 0.103. The summed E-state index contributed by atoms with van der Waals surface area (Å²) in [6.07, 6.45) is 6.06. The van der Waals surface area contributed by atoms with Crippen LogP contribution in [0.15, 0.2) is 72.8 Å². The molecule has 4 heterocycles. The molecule has 0 unspecified atom stereocenters. The number of methoxy groups -OCH3 is 1. The highest BCUT2D eigenvalue weighted by atomic mass is 35.5. The van der Waals surface area contributed by atoms with E-state index in [0.717, 1.165) is 65.3 Å². The van der Waals surface area contributed by atoms with E-state index >= 15 is 0 Å². The number of Topliss-reactive ketones (excluding diaryl/α,β-unsaturated/α-hetero) is 1. The molecule has 3 aliphatic carbocycles. The molecule has 5 aromatic rings. The van der Waals surface area contributed by atoms with Crippen molar-refractivity contribution in [2.24, 2.45) is 11.3 Å². The van der Waals surface area contributed by atoms with E-state index in [1.54, 1.807) is 19.2 Å². The Morgan fingerprint density at radius 2 is 1.75 bits per heavy atom. The number of fused-ring (bicyclic) bond motifs is 4. The standard InChI is InChI=1S/C50H48Cl2FN5O6/c1-62-46-32(25-55-24-29-8-10-36(59)21-29)9-12-43(56-46)41-7-3-6-40(45(41)52)37-4-2-5-39-38(37)11-13-44(39)64-48-42(51)22-33(26-58-28-50(49(60)61)16-14-35(58)15-17-50)47(57-48)63-27-31-18-30(23-54)19-34(53)20-31/h2-7,9,12,18-20,22,29,35,44,55H,8,10-11,13-17,21,24-28H2,1H3,(H,60,61)/t29-,35?,44+,50?/m1/s1. The van der Waals surface area contributed by atoms with E-state index in [-0.39, 0.29) is 35.0 Å². The molecule has 2 aromatic heterocycles. The van der Waals surface area contributed by atoms with Crippen LogP contribution in [0, 0.1) is 28.5 Å². The van der Waals surface area contributed by atoms with Crippen LogP contribution in [0.5, 0.6) is 17.6 Å². The number of ketones is 1. The van der Waals surface area contributed by atoms with Gasteiger partial charge in [-0.1, -0.05) is 65.7 Å². The third kappa shape index (κ3) is 8.91. The number of hydrogen-bond donors (Lipinski definition) is 2. The summed E-state index contributed by atoms with van der Waals surface area (Å²) in [6.45, 7) is 2.04. The average Bonchev–Trinajstić information content (AvgIpc) is 3.92. The van der Waals surface area contributed by atoms with Crippen molar-refractivity contribution in [3.63, 3.8) is 0 Å². The number of rotatable bonds is 15. The van der Waals surface area contributed by atoms with Gasteiger partial charge in [0, 0.05) is 60.8 Å². The fourth-order valence-electron chi connectivity index (χ4n) is 10.1. The van der Waals surface area contributed by atoms with Gasteiger partial charge < -0.3 is 24.6 Å². The summed E-state index contributed by atoms with van der Waals surface area (Å²) in [7, 11) is 1.61. The van der Waals surface area contributed by atoms with Gasteiger partial charge in [-0.15, -0.1) is 0 Å². The lowest BCUT2D eigenvalue weighted by molar-refractivity contribution is -0.160. The number of hydrogen-bond acceptors (Lipinski definition) is 10. The molecule has 64 heavy (non-hydrogen) atoms. The van der Waals surface area contributed by atoms with Gasteiger partial charge in [0.05, 0.1) is 34.9 Å². The second kappa shape index (κ2) is 18.5. The lowest BCUT2D eigenvalue weighted by Crippen LogP contribution is -2.56. The van der Waals surface area contributed by atoms with Crippen molar-refractivity contribution in [2.45, 2.75) is 89.6 Å². The van der Waals surface area contributed by atoms with Crippen LogP contribution in [-0.2, 0) is 35.7 Å². The lowest BCUT2D eigenvalue weighted by Gasteiger charge is -2.50. The number of aromatic nitrogens is 2. The Morgan fingerprint density at radius 3 is 2.52 bits per heavy atom. The predicted molar refractivity (Wildman–Crippen MR) is 240 cm³/mol. The van der Waals surface area contributed by atoms with Crippen molar-refractivity contribution in [3.05, 3.63) is 122 Å². The number of carbonyl (C=O) groups excluding carboxylic acids is 1. The molecule has 2 N–H and O–H groups in total. The molecular weight excluding hydrogens is 856 g/mol. The highest BCUT2D eigenvalue weighted by molar-refractivity contribution is 6.36. The summed E-state index contributed by atoms with van der Waals surface area (Å²) in [6, 6.07) is 24.0. The van der Waals surface area contributed by atoms with Crippen LogP contribution in [0.25, 0.3) is 22.4 Å². The van der Waals surface area contributed by atoms with E-state index in [0.29, 0.717) is 97.6 Å². The van der Waals surface area contributed by atoms with E-state index in [1.165, 1.54) is 6.07 Å². The Morgan fingerprint density at radius 1 is 0.953 bits per heavy atom. The Hall–Kier alpha value is -5.58. The van der Waals surface area contributed by atoms with Crippen LogP contribution in [-0.4, -0.2) is 58.0 Å². The Kier molecular flexibility index (Phi) is 12.6. The minimum Gasteiger partial charge on any atom is -0.481 e. The van der Waals surface area contributed by atoms with Crippen molar-refractivity contribution in [1.29, 1.82) is 5.26 Å². The maximum Gasteiger partial charge on any atom is 0.310 e. The molecule has 2 atom stereocenters. The number of aliphatic carboxylic acids is 1. The molecule has 4 fully saturated rings. The first-order chi connectivity index (χ1) is 31.0. The Balaban J connectivity index is 0.964. The number of halogens is 3. The summed E-state index contributed by atoms with van der Waals surface area (Å²) >= 11 is 14.2. The molecular formula is C50H48Cl2FN5O6. The Bertz CT molecular complexity index is 2660. The van der Waals surface area contributed by atoms with Crippen LogP contribution in [0.1, 0.15) is 90.9 Å². The zero-order chi connectivity index (χ0) is 44.5. The molecule has 2 bridgehead atoms. The van der Waals surface area contributed by atoms with Crippen LogP contribution < -0.4 is 19.5 Å². The van der Waals surface area contributed by atoms with Crippen LogP contribution >= 0.6 is 23.2 Å². The van der Waals surface area contributed by atoms with Gasteiger partial charge in [0.25, 0.3) is 0 Å². The van der Waals surface area contributed by atoms with Gasteiger partial charge >= 0.3 is 5.97 Å². The van der Waals surface area contributed by atoms with Gasteiger partial charge in [-0.2, -0.15) is 10.2 Å². The number of piperidine rings is 2. The van der Waals surface area contributed by atoms with Gasteiger partial charge in [-0.05, 0) is 110 Å². The molecule has 3 aromatic carbocycles. The van der Waals surface area contributed by atoms with E-state index in [1.807, 2.05) is 48.5 Å². The number of nitrogens with one attached hydrogen (secondary N) is 1. The molecule has 14 heteroatoms. The topological polar surface area (TPSA) is 147 Å². The summed E-state index contributed by atoms with van der Waals surface area (Å²) in [5.41, 5.74) is 6.78. The molecule has 0 spiro atoms. The highest BCUT2D eigenvalue weighted by Gasteiger charge is 2.49. The van der Waals surface area contributed by atoms with E-state index in [4.69, 9.17) is 47.4 Å². The van der Waals surface area contributed by atoms with Gasteiger partial charge in [-0.25, -0.2) is 9.37 Å². The number of ether oxygens (including phenoxy) is 3. The first-order valence-corrected chi connectivity index (χ1v) is 22.6. The minimum atomic E-state index is -0.793. The molecule has 330 valence electrons. The molecule has 0 radical (unpaired) electrons. The zero-order valence-corrected chi connectivity index (χ0v) is 37.0. The lowest BCUT2D eigenvalue weighted by atomic mass is 9.67. The largest absolute Gasteiger partial charge is 0.481 e. The third-order valence-corrected chi connectivity index (χ3v) is 14.1. The second-order valence-electron chi connectivity index (χ2n) is 17.5. The van der Waals surface area contributed by atoms with Crippen LogP contribution in [0.2, 0.25) is 10.0 Å². The van der Waals surface area contributed by atoms with Gasteiger partial charge in [0.1, 0.15) is 29.3 Å². The number of nitrogens with zero attached hydrogens (tertiary/aromatic N) is 4. The van der Waals surface area contributed by atoms with Gasteiger partial charge in [0.2, 0.25) is 17.6 Å². The molecule has 5 aliphatic rings.